The van der Waals surface area contributed by atoms with Crippen LogP contribution in [-0.2, 0) is 25.8 Å². The third kappa shape index (κ3) is 6.28. The van der Waals surface area contributed by atoms with Crippen LogP contribution in [0.15, 0.2) is 35.1 Å². The van der Waals surface area contributed by atoms with Crippen LogP contribution in [0.4, 0.5) is 0 Å². The van der Waals surface area contributed by atoms with Crippen LogP contribution in [0.5, 0.6) is 0 Å². The fourth-order valence-corrected chi connectivity index (χ4v) is 5.36. The van der Waals surface area contributed by atoms with Crippen molar-refractivity contribution in [2.24, 2.45) is 0 Å². The van der Waals surface area contributed by atoms with Crippen molar-refractivity contribution in [3.05, 3.63) is 47.2 Å². The predicted molar refractivity (Wildman–Crippen MR) is 72.5 cm³/mol. The van der Waals surface area contributed by atoms with Gasteiger partial charge in [0.05, 0.1) is 0 Å². The molecule has 3 aliphatic rings. The minimum absolute atomic E-state index is 0. The van der Waals surface area contributed by atoms with Gasteiger partial charge in [0.2, 0.25) is 0 Å². The molecule has 4 heteroatoms. The predicted octanol–water partition coefficient (Wildman–Crippen LogP) is -1.60. The molecule has 0 bridgehead atoms. The van der Waals surface area contributed by atoms with Crippen molar-refractivity contribution in [2.75, 3.05) is 0 Å². The molecule has 0 amide bonds. The molecule has 0 aromatic rings. The first-order chi connectivity index (χ1) is 7.71. The Morgan fingerprint density at radius 1 is 1.21 bits per heavy atom. The molecule has 0 spiro atoms. The Kier molecular flexibility index (Phi) is 12.0. The maximum atomic E-state index is 3.54. The Morgan fingerprint density at radius 2 is 1.89 bits per heavy atom. The Bertz CT molecular complexity index is 370. The molecule has 0 saturated carbocycles. The summed E-state index contributed by atoms with van der Waals surface area (Å²) < 4.78 is 0. The van der Waals surface area contributed by atoms with Crippen molar-refractivity contribution < 1.29 is 50.7 Å². The van der Waals surface area contributed by atoms with Crippen molar-refractivity contribution in [1.29, 1.82) is 0 Å². The summed E-state index contributed by atoms with van der Waals surface area (Å²) in [6, 6.07) is 3.03. The number of allylic oxidation sites excluding steroid dienone is 8. The second-order valence-corrected chi connectivity index (χ2v) is 9.80. The van der Waals surface area contributed by atoms with E-state index < -0.39 is 8.07 Å². The standard InChI is InChI=1S/C10H15Si.C5H5.2ClH.Hf/c1-9-4-5-10(8-9)11(2)6-3-7-11;1-2-4-5-3-1;;;/h5H,3-4,6-7H2,1-2H3;1-3H,4H2;2*1H;/q2*-1;;;+4/p-2. The normalized spacial score (nSPS) is 20.5. The molecule has 0 radical (unpaired) electrons. The number of hydrogen-bond donors (Lipinski definition) is 0. The zero-order valence-electron chi connectivity index (χ0n) is 11.6. The number of rotatable bonds is 1. The van der Waals surface area contributed by atoms with E-state index in [0.717, 1.165) is 6.42 Å². The fourth-order valence-electron chi connectivity index (χ4n) is 2.30. The molecule has 19 heavy (non-hydrogen) atoms. The van der Waals surface area contributed by atoms with Gasteiger partial charge in [0.25, 0.3) is 0 Å². The Balaban J connectivity index is 0. The van der Waals surface area contributed by atoms with E-state index in [2.05, 4.69) is 37.8 Å². The summed E-state index contributed by atoms with van der Waals surface area (Å²) in [5, 5.41) is 1.63. The van der Waals surface area contributed by atoms with E-state index in [1.807, 2.05) is 12.2 Å². The Labute approximate surface area is 150 Å². The fraction of sp³-hybridized carbons (Fsp3) is 0.467. The molecule has 3 rings (SSSR count). The monoisotopic (exact) mass is 478 g/mol. The molecule has 0 aromatic carbocycles. The van der Waals surface area contributed by atoms with Crippen molar-refractivity contribution in [2.45, 2.75) is 44.8 Å². The third-order valence-corrected chi connectivity index (χ3v) is 8.20. The molecular formula is C15H20Cl2HfSi. The van der Waals surface area contributed by atoms with E-state index in [0.29, 0.717) is 0 Å². The SMILES string of the molecule is CC1=[C-]C([Si]2(C)CCC2)=CC1.[C-]1=CC=CC1.[Cl-].[Cl-].[Hf+4]. The molecule has 0 nitrogen and oxygen atoms in total. The van der Waals surface area contributed by atoms with Gasteiger partial charge in [0.1, 0.15) is 0 Å². The van der Waals surface area contributed by atoms with Gasteiger partial charge in [-0.2, -0.15) is 11.6 Å². The molecule has 102 valence electrons. The molecule has 0 N–H and O–H groups in total. The van der Waals surface area contributed by atoms with E-state index in [1.165, 1.54) is 30.5 Å². The molecular weight excluding hydrogens is 458 g/mol. The van der Waals surface area contributed by atoms with E-state index in [-0.39, 0.29) is 50.7 Å². The largest absolute Gasteiger partial charge is 4.00 e. The number of hydrogen-bond acceptors (Lipinski definition) is 0. The molecule has 1 saturated heterocycles. The number of halogens is 2. The van der Waals surface area contributed by atoms with Crippen molar-refractivity contribution in [3.63, 3.8) is 0 Å². The Hall–Kier alpha value is 0.627. The summed E-state index contributed by atoms with van der Waals surface area (Å²) in [5.74, 6) is 0. The van der Waals surface area contributed by atoms with Gasteiger partial charge in [-0.25, -0.2) is 23.4 Å². The van der Waals surface area contributed by atoms with Crippen LogP contribution in [0.2, 0.25) is 18.6 Å². The van der Waals surface area contributed by atoms with Gasteiger partial charge in [-0.1, -0.05) is 38.4 Å². The maximum absolute atomic E-state index is 3.54. The minimum Gasteiger partial charge on any atom is -1.00 e. The molecule has 0 atom stereocenters. The second kappa shape index (κ2) is 10.4. The van der Waals surface area contributed by atoms with Crippen LogP contribution >= 0.6 is 0 Å². The summed E-state index contributed by atoms with van der Waals surface area (Å²) in [6.07, 6.45) is 18.6. The van der Waals surface area contributed by atoms with Crippen molar-refractivity contribution >= 4 is 8.07 Å². The summed E-state index contributed by atoms with van der Waals surface area (Å²) in [7, 11) is -0.876. The van der Waals surface area contributed by atoms with E-state index in [9.17, 15) is 0 Å². The first-order valence-electron chi connectivity index (χ1n) is 6.22. The molecule has 1 heterocycles. The van der Waals surface area contributed by atoms with Crippen LogP contribution in [0.1, 0.15) is 26.2 Å². The van der Waals surface area contributed by atoms with Crippen LogP contribution in [0.25, 0.3) is 0 Å². The van der Waals surface area contributed by atoms with Gasteiger partial charge in [0.15, 0.2) is 0 Å². The van der Waals surface area contributed by atoms with E-state index >= 15 is 0 Å². The van der Waals surface area contributed by atoms with Crippen LogP contribution < -0.4 is 24.8 Å². The molecule has 0 unspecified atom stereocenters. The topological polar surface area (TPSA) is 0 Å². The van der Waals surface area contributed by atoms with Crippen LogP contribution in [0, 0.1) is 12.2 Å². The van der Waals surface area contributed by atoms with Crippen LogP contribution in [-0.4, -0.2) is 8.07 Å². The van der Waals surface area contributed by atoms with Gasteiger partial charge in [-0.05, 0) is 0 Å². The first kappa shape index (κ1) is 21.9. The summed E-state index contributed by atoms with van der Waals surface area (Å²) in [4.78, 5) is 0. The zero-order valence-corrected chi connectivity index (χ0v) is 17.7. The Morgan fingerprint density at radius 3 is 2.16 bits per heavy atom. The molecule has 1 fully saturated rings. The maximum Gasteiger partial charge on any atom is 4.00 e. The van der Waals surface area contributed by atoms with Crippen LogP contribution in [0.3, 0.4) is 0 Å². The first-order valence-corrected chi connectivity index (χ1v) is 9.14. The molecule has 1 aliphatic heterocycles. The minimum atomic E-state index is -0.876. The van der Waals surface area contributed by atoms with Crippen molar-refractivity contribution in [3.8, 4) is 0 Å². The average Bonchev–Trinajstić information content (AvgIpc) is 2.87. The average molecular weight is 478 g/mol. The van der Waals surface area contributed by atoms with E-state index in [1.54, 1.807) is 5.20 Å². The van der Waals surface area contributed by atoms with Gasteiger partial charge in [0, 0.05) is 8.07 Å². The van der Waals surface area contributed by atoms with Crippen molar-refractivity contribution in [1.82, 2.24) is 0 Å². The zero-order chi connectivity index (χ0) is 11.4. The summed E-state index contributed by atoms with van der Waals surface area (Å²) >= 11 is 0. The summed E-state index contributed by atoms with van der Waals surface area (Å²) in [6.45, 7) is 4.70. The second-order valence-electron chi connectivity index (χ2n) is 5.14. The quantitative estimate of drug-likeness (QED) is 0.315. The molecule has 2 aliphatic carbocycles. The smallest absolute Gasteiger partial charge is 1.00 e. The van der Waals surface area contributed by atoms with Gasteiger partial charge >= 0.3 is 25.8 Å². The molecule has 0 aromatic heterocycles. The third-order valence-electron chi connectivity index (χ3n) is 3.65. The summed E-state index contributed by atoms with van der Waals surface area (Å²) in [5.41, 5.74) is 1.45. The van der Waals surface area contributed by atoms with Gasteiger partial charge in [-0.3, -0.25) is 12.2 Å². The van der Waals surface area contributed by atoms with Gasteiger partial charge in [-0.15, -0.1) is 6.42 Å². The van der Waals surface area contributed by atoms with Gasteiger partial charge < -0.3 is 24.8 Å². The van der Waals surface area contributed by atoms with E-state index in [4.69, 9.17) is 0 Å².